The van der Waals surface area contributed by atoms with E-state index in [9.17, 15) is 13.8 Å². The highest BCUT2D eigenvalue weighted by Gasteiger charge is 2.35. The smallest absolute Gasteiger partial charge is 0.272 e. The first-order valence-corrected chi connectivity index (χ1v) is 12.7. The normalized spacial score (nSPS) is 15.7. The van der Waals surface area contributed by atoms with E-state index in [-0.39, 0.29) is 11.6 Å². The Bertz CT molecular complexity index is 1240. The van der Waals surface area contributed by atoms with E-state index in [1.54, 1.807) is 7.05 Å². The lowest BCUT2D eigenvalue weighted by Gasteiger charge is -2.30. The maximum absolute atomic E-state index is 13.5. The van der Waals surface area contributed by atoms with E-state index in [0.29, 0.717) is 36.0 Å². The number of hydrogen-bond donors (Lipinski definition) is 2. The van der Waals surface area contributed by atoms with Crippen molar-refractivity contribution in [3.8, 4) is 11.4 Å². The van der Waals surface area contributed by atoms with Crippen molar-refractivity contribution in [2.24, 2.45) is 5.41 Å². The summed E-state index contributed by atoms with van der Waals surface area (Å²) in [6, 6.07) is 18.2. The molecule has 2 amide bonds. The molecule has 0 spiro atoms. The van der Waals surface area contributed by atoms with E-state index in [4.69, 9.17) is 4.98 Å². The number of aromatic nitrogens is 2. The number of amides is 2. The number of fused-ring (bicyclic) bond motifs is 1. The molecule has 35 heavy (non-hydrogen) atoms. The van der Waals surface area contributed by atoms with Crippen molar-refractivity contribution in [1.29, 1.82) is 0 Å². The molecular weight excluding hydrogens is 462 g/mol. The third-order valence-electron chi connectivity index (χ3n) is 6.05. The minimum atomic E-state index is -1.37. The second kappa shape index (κ2) is 10.1. The zero-order chi connectivity index (χ0) is 25.2. The van der Waals surface area contributed by atoms with Crippen LogP contribution in [0.2, 0.25) is 0 Å². The van der Waals surface area contributed by atoms with E-state index in [2.05, 4.69) is 10.6 Å². The summed E-state index contributed by atoms with van der Waals surface area (Å²) in [5, 5.41) is 5.53. The van der Waals surface area contributed by atoms with Crippen LogP contribution in [0.15, 0.2) is 65.6 Å². The number of nitrogens with zero attached hydrogens (tertiary/aromatic N) is 3. The highest BCUT2D eigenvalue weighted by molar-refractivity contribution is 7.82. The number of hydrogen-bond acceptors (Lipinski definition) is 4. The standard InChI is InChI=1S/C26H31N5O3S/c1-26(2,3)22(25(33)27-4)29-24(32)21-20-17-30(35(34)19-13-9-6-10-14-19)15-16-31(20)23(28-21)18-11-7-5-8-12-18/h5-14,22H,15-17H2,1-4H3,(H,27,33)(H,29,32). The van der Waals surface area contributed by atoms with Crippen LogP contribution in [0.4, 0.5) is 0 Å². The van der Waals surface area contributed by atoms with Gasteiger partial charge in [-0.3, -0.25) is 9.59 Å². The SMILES string of the molecule is CNC(=O)C(NC(=O)c1nc(-c2ccccc2)n2c1CN(S(=O)c1ccccc1)CC2)C(C)(C)C. The number of likely N-dealkylation sites (N-methyl/N-ethyl adjacent to an activating group) is 1. The van der Waals surface area contributed by atoms with Crippen LogP contribution in [0.3, 0.4) is 0 Å². The molecule has 1 aliphatic rings. The fraction of sp³-hybridized carbons (Fsp3) is 0.346. The number of benzene rings is 2. The molecule has 2 N–H and O–H groups in total. The number of imidazole rings is 1. The number of rotatable bonds is 6. The third kappa shape index (κ3) is 5.21. The molecule has 2 unspecified atom stereocenters. The van der Waals surface area contributed by atoms with Crippen LogP contribution in [-0.4, -0.2) is 49.5 Å². The third-order valence-corrected chi connectivity index (χ3v) is 7.50. The molecule has 0 saturated carbocycles. The minimum Gasteiger partial charge on any atom is -0.357 e. The van der Waals surface area contributed by atoms with E-state index in [1.807, 2.05) is 90.3 Å². The molecule has 0 saturated heterocycles. The molecule has 3 aromatic rings. The van der Waals surface area contributed by atoms with Gasteiger partial charge in [0.05, 0.1) is 17.1 Å². The highest BCUT2D eigenvalue weighted by Crippen LogP contribution is 2.29. The summed E-state index contributed by atoms with van der Waals surface area (Å²) in [6.07, 6.45) is 0. The Balaban J connectivity index is 1.72. The van der Waals surface area contributed by atoms with Crippen LogP contribution in [0.5, 0.6) is 0 Å². The Morgan fingerprint density at radius 2 is 1.63 bits per heavy atom. The molecule has 2 aromatic carbocycles. The number of nitrogens with one attached hydrogen (secondary N) is 2. The van der Waals surface area contributed by atoms with Gasteiger partial charge < -0.3 is 15.2 Å². The summed E-state index contributed by atoms with van der Waals surface area (Å²) < 4.78 is 17.1. The quantitative estimate of drug-likeness (QED) is 0.552. The van der Waals surface area contributed by atoms with E-state index >= 15 is 0 Å². The van der Waals surface area contributed by atoms with Crippen LogP contribution in [0, 0.1) is 5.41 Å². The summed E-state index contributed by atoms with van der Waals surface area (Å²) in [7, 11) is 0.181. The van der Waals surface area contributed by atoms with Crippen molar-refractivity contribution in [3.05, 3.63) is 72.1 Å². The first-order valence-electron chi connectivity index (χ1n) is 11.6. The van der Waals surface area contributed by atoms with Gasteiger partial charge >= 0.3 is 0 Å². The second-order valence-corrected chi connectivity index (χ2v) is 11.0. The molecule has 0 fully saturated rings. The summed E-state index contributed by atoms with van der Waals surface area (Å²) in [5.41, 5.74) is 1.32. The van der Waals surface area contributed by atoms with Crippen molar-refractivity contribution in [1.82, 2.24) is 24.5 Å². The Morgan fingerprint density at radius 3 is 2.23 bits per heavy atom. The lowest BCUT2D eigenvalue weighted by atomic mass is 9.86. The molecule has 9 heteroatoms. The van der Waals surface area contributed by atoms with Crippen LogP contribution in [0.25, 0.3) is 11.4 Å². The van der Waals surface area contributed by atoms with Crippen LogP contribution >= 0.6 is 0 Å². The van der Waals surface area contributed by atoms with Crippen LogP contribution in [0.1, 0.15) is 37.0 Å². The van der Waals surface area contributed by atoms with Crippen molar-refractivity contribution in [2.75, 3.05) is 13.6 Å². The predicted molar refractivity (Wildman–Crippen MR) is 136 cm³/mol. The second-order valence-electron chi connectivity index (χ2n) is 9.56. The molecule has 1 aromatic heterocycles. The lowest BCUT2D eigenvalue weighted by Crippen LogP contribution is -2.53. The van der Waals surface area contributed by atoms with Crippen molar-refractivity contribution in [3.63, 3.8) is 0 Å². The Labute approximate surface area is 208 Å². The molecule has 0 bridgehead atoms. The Morgan fingerprint density at radius 1 is 1.00 bits per heavy atom. The maximum atomic E-state index is 13.5. The molecule has 8 nitrogen and oxygen atoms in total. The Hall–Kier alpha value is -3.30. The van der Waals surface area contributed by atoms with Crippen LogP contribution < -0.4 is 10.6 Å². The van der Waals surface area contributed by atoms with Gasteiger partial charge in [0.15, 0.2) is 5.69 Å². The summed E-state index contributed by atoms with van der Waals surface area (Å²) in [5.74, 6) is -0.0102. The monoisotopic (exact) mass is 493 g/mol. The lowest BCUT2D eigenvalue weighted by molar-refractivity contribution is -0.124. The Kier molecular flexibility index (Phi) is 7.18. The van der Waals surface area contributed by atoms with Gasteiger partial charge in [0, 0.05) is 25.7 Å². The summed E-state index contributed by atoms with van der Waals surface area (Å²) in [4.78, 5) is 31.5. The molecular formula is C26H31N5O3S. The first-order chi connectivity index (χ1) is 16.7. The molecule has 1 aliphatic heterocycles. The maximum Gasteiger partial charge on any atom is 0.272 e. The predicted octanol–water partition coefficient (Wildman–Crippen LogP) is 2.98. The van der Waals surface area contributed by atoms with Crippen molar-refractivity contribution >= 4 is 22.8 Å². The topological polar surface area (TPSA) is 96.3 Å². The van der Waals surface area contributed by atoms with Gasteiger partial charge in [-0.15, -0.1) is 0 Å². The number of carbonyl (C=O) groups is 2. The fourth-order valence-electron chi connectivity index (χ4n) is 4.18. The van der Waals surface area contributed by atoms with Crippen molar-refractivity contribution < 1.29 is 13.8 Å². The van der Waals surface area contributed by atoms with Gasteiger partial charge in [0.1, 0.15) is 22.9 Å². The summed E-state index contributed by atoms with van der Waals surface area (Å²) >= 11 is 0. The molecule has 0 aliphatic carbocycles. The number of carbonyl (C=O) groups excluding carboxylic acids is 2. The van der Waals surface area contributed by atoms with Gasteiger partial charge in [0.2, 0.25) is 5.91 Å². The van der Waals surface area contributed by atoms with Gasteiger partial charge in [-0.25, -0.2) is 13.5 Å². The van der Waals surface area contributed by atoms with Crippen LogP contribution in [-0.2, 0) is 28.9 Å². The summed E-state index contributed by atoms with van der Waals surface area (Å²) in [6.45, 7) is 7.08. The molecule has 4 rings (SSSR count). The van der Waals surface area contributed by atoms with Gasteiger partial charge in [-0.2, -0.15) is 0 Å². The highest BCUT2D eigenvalue weighted by atomic mass is 32.2. The zero-order valence-electron chi connectivity index (χ0n) is 20.4. The molecule has 0 radical (unpaired) electrons. The fourth-order valence-corrected chi connectivity index (χ4v) is 5.36. The van der Waals surface area contributed by atoms with E-state index in [1.165, 1.54) is 0 Å². The average molecular weight is 494 g/mol. The molecule has 2 heterocycles. The van der Waals surface area contributed by atoms with E-state index < -0.39 is 28.3 Å². The minimum absolute atomic E-state index is 0.247. The van der Waals surface area contributed by atoms with E-state index in [0.717, 1.165) is 5.56 Å². The van der Waals surface area contributed by atoms with Gasteiger partial charge in [-0.05, 0) is 17.5 Å². The van der Waals surface area contributed by atoms with Crippen molar-refractivity contribution in [2.45, 2.75) is 44.8 Å². The zero-order valence-corrected chi connectivity index (χ0v) is 21.3. The average Bonchev–Trinajstić information content (AvgIpc) is 3.25. The first kappa shape index (κ1) is 24.8. The molecule has 184 valence electrons. The molecule has 2 atom stereocenters. The van der Waals surface area contributed by atoms with Gasteiger partial charge in [0.25, 0.3) is 5.91 Å². The van der Waals surface area contributed by atoms with Gasteiger partial charge in [-0.1, -0.05) is 69.3 Å². The largest absolute Gasteiger partial charge is 0.357 e.